The minimum absolute atomic E-state index is 1.05. The van der Waals surface area contributed by atoms with Crippen molar-refractivity contribution in [2.75, 3.05) is 5.32 Å². The number of anilines is 2. The van der Waals surface area contributed by atoms with E-state index in [0.717, 1.165) is 27.8 Å². The molecule has 0 aliphatic carbocycles. The molecule has 0 unspecified atom stereocenters. The molecule has 3 nitrogen and oxygen atoms in total. The molecule has 4 aromatic rings. The van der Waals surface area contributed by atoms with Crippen LogP contribution in [0.3, 0.4) is 0 Å². The lowest BCUT2D eigenvalue weighted by atomic mass is 10.1. The Balaban J connectivity index is 1.66. The smallest absolute Gasteiger partial charge is 0.194 e. The van der Waals surface area contributed by atoms with Crippen molar-refractivity contribution < 1.29 is 0 Å². The van der Waals surface area contributed by atoms with Crippen molar-refractivity contribution in [3.05, 3.63) is 58.0 Å². The summed E-state index contributed by atoms with van der Waals surface area (Å²) in [4.78, 5) is 5.69. The lowest BCUT2D eigenvalue weighted by Gasteiger charge is -2.08. The lowest BCUT2D eigenvalue weighted by molar-refractivity contribution is 1.11. The quantitative estimate of drug-likeness (QED) is 0.484. The van der Waals surface area contributed by atoms with Gasteiger partial charge in [-0.05, 0) is 49.6 Å². The highest BCUT2D eigenvalue weighted by molar-refractivity contribution is 7.15. The van der Waals surface area contributed by atoms with Crippen LogP contribution in [0.2, 0.25) is 0 Å². The molecule has 0 radical (unpaired) electrons. The van der Waals surface area contributed by atoms with Gasteiger partial charge in [0.25, 0.3) is 0 Å². The van der Waals surface area contributed by atoms with Crippen LogP contribution in [0.4, 0.5) is 10.7 Å². The Kier molecular flexibility index (Phi) is 3.90. The number of imidazole rings is 1. The maximum Gasteiger partial charge on any atom is 0.194 e. The summed E-state index contributed by atoms with van der Waals surface area (Å²) in [5.41, 5.74) is 7.38. The van der Waals surface area contributed by atoms with Crippen molar-refractivity contribution in [1.29, 1.82) is 0 Å². The number of aromatic nitrogens is 2. The zero-order chi connectivity index (χ0) is 16.7. The molecule has 0 fully saturated rings. The second-order valence-electron chi connectivity index (χ2n) is 5.92. The summed E-state index contributed by atoms with van der Waals surface area (Å²) >= 11 is 3.40. The highest BCUT2D eigenvalue weighted by Gasteiger charge is 2.13. The first kappa shape index (κ1) is 15.4. The lowest BCUT2D eigenvalue weighted by Crippen LogP contribution is -1.92. The molecule has 3 heterocycles. The first-order chi connectivity index (χ1) is 11.7. The third-order valence-corrected chi connectivity index (χ3v) is 5.91. The van der Waals surface area contributed by atoms with Crippen LogP contribution in [-0.4, -0.2) is 9.38 Å². The van der Waals surface area contributed by atoms with E-state index in [1.165, 1.54) is 22.4 Å². The molecule has 0 spiro atoms. The van der Waals surface area contributed by atoms with E-state index in [9.17, 15) is 0 Å². The minimum atomic E-state index is 1.05. The number of hydrogen-bond donors (Lipinski definition) is 1. The van der Waals surface area contributed by atoms with Crippen molar-refractivity contribution >= 4 is 38.3 Å². The molecule has 0 bridgehead atoms. The van der Waals surface area contributed by atoms with Crippen LogP contribution in [0, 0.1) is 13.8 Å². The van der Waals surface area contributed by atoms with Gasteiger partial charge >= 0.3 is 0 Å². The summed E-state index contributed by atoms with van der Waals surface area (Å²) in [6.45, 7) is 6.44. The Morgan fingerprint density at radius 1 is 1.17 bits per heavy atom. The van der Waals surface area contributed by atoms with E-state index >= 15 is 0 Å². The molecule has 24 heavy (non-hydrogen) atoms. The van der Waals surface area contributed by atoms with Gasteiger partial charge in [-0.2, -0.15) is 0 Å². The van der Waals surface area contributed by atoms with E-state index in [0.29, 0.717) is 0 Å². The fourth-order valence-electron chi connectivity index (χ4n) is 3.04. The second-order valence-corrected chi connectivity index (χ2v) is 7.71. The Morgan fingerprint density at radius 2 is 2.04 bits per heavy atom. The topological polar surface area (TPSA) is 29.3 Å². The summed E-state index contributed by atoms with van der Waals surface area (Å²) < 4.78 is 2.17. The highest BCUT2D eigenvalue weighted by Crippen LogP contribution is 2.34. The number of thiophene rings is 1. The number of hydrogen-bond acceptors (Lipinski definition) is 4. The first-order valence-corrected chi connectivity index (χ1v) is 9.79. The number of benzene rings is 1. The van der Waals surface area contributed by atoms with Crippen molar-refractivity contribution in [2.24, 2.45) is 0 Å². The number of nitrogens with zero attached hydrogens (tertiary/aromatic N) is 2. The van der Waals surface area contributed by atoms with E-state index in [1.807, 2.05) is 0 Å². The van der Waals surface area contributed by atoms with E-state index in [-0.39, 0.29) is 0 Å². The van der Waals surface area contributed by atoms with Crippen LogP contribution in [0.25, 0.3) is 16.2 Å². The molecule has 0 saturated heterocycles. The van der Waals surface area contributed by atoms with Crippen LogP contribution in [0.5, 0.6) is 0 Å². The Bertz CT molecular complexity index is 1010. The average Bonchev–Trinajstić information content (AvgIpc) is 3.25. The molecule has 1 N–H and O–H groups in total. The predicted octanol–water partition coefficient (Wildman–Crippen LogP) is 6.05. The summed E-state index contributed by atoms with van der Waals surface area (Å²) in [6, 6.07) is 8.79. The Labute approximate surface area is 149 Å². The fourth-order valence-corrected chi connectivity index (χ4v) is 4.61. The standard InChI is InChI=1S/C19H19N3S2/c1-4-14-9-16(6-5-12(14)2)21-17-10-15(11-24-17)18-13(3)20-19-22(18)7-8-23-19/h5-11,21H,4H2,1-3H3. The molecule has 0 aliphatic rings. The minimum Gasteiger partial charge on any atom is -0.347 e. The van der Waals surface area contributed by atoms with Crippen LogP contribution in [0.1, 0.15) is 23.7 Å². The normalized spacial score (nSPS) is 11.3. The largest absolute Gasteiger partial charge is 0.347 e. The summed E-state index contributed by atoms with van der Waals surface area (Å²) in [7, 11) is 0. The summed E-state index contributed by atoms with van der Waals surface area (Å²) in [6.07, 6.45) is 3.15. The molecule has 0 aliphatic heterocycles. The SMILES string of the molecule is CCc1cc(Nc2cc(-c3c(C)nc4sccn34)cs2)ccc1C. The zero-order valence-corrected chi connectivity index (χ0v) is 15.6. The number of aryl methyl sites for hydroxylation is 3. The average molecular weight is 354 g/mol. The van der Waals surface area contributed by atoms with E-state index < -0.39 is 0 Å². The van der Waals surface area contributed by atoms with Crippen LogP contribution in [-0.2, 0) is 6.42 Å². The number of fused-ring (bicyclic) bond motifs is 1. The number of rotatable bonds is 4. The van der Waals surface area contributed by atoms with Gasteiger partial charge in [0, 0.05) is 28.2 Å². The molecule has 5 heteroatoms. The van der Waals surface area contributed by atoms with Crippen LogP contribution < -0.4 is 5.32 Å². The van der Waals surface area contributed by atoms with Crippen molar-refractivity contribution in [3.63, 3.8) is 0 Å². The van der Waals surface area contributed by atoms with E-state index in [4.69, 9.17) is 0 Å². The maximum absolute atomic E-state index is 4.64. The van der Waals surface area contributed by atoms with Crippen LogP contribution in [0.15, 0.2) is 41.2 Å². The maximum atomic E-state index is 4.64. The van der Waals surface area contributed by atoms with Gasteiger partial charge in [0.15, 0.2) is 4.96 Å². The number of nitrogens with one attached hydrogen (secondary N) is 1. The molecule has 1 aromatic carbocycles. The Morgan fingerprint density at radius 3 is 2.88 bits per heavy atom. The summed E-state index contributed by atoms with van der Waals surface area (Å²) in [5.74, 6) is 0. The van der Waals surface area contributed by atoms with Crippen molar-refractivity contribution in [1.82, 2.24) is 9.38 Å². The van der Waals surface area contributed by atoms with E-state index in [1.54, 1.807) is 22.7 Å². The highest BCUT2D eigenvalue weighted by atomic mass is 32.1. The van der Waals surface area contributed by atoms with Crippen LogP contribution >= 0.6 is 22.7 Å². The van der Waals surface area contributed by atoms with Gasteiger partial charge < -0.3 is 5.32 Å². The van der Waals surface area contributed by atoms with Gasteiger partial charge in [-0.25, -0.2) is 4.98 Å². The molecular weight excluding hydrogens is 334 g/mol. The molecule has 122 valence electrons. The first-order valence-electron chi connectivity index (χ1n) is 8.03. The fraction of sp³-hybridized carbons (Fsp3) is 0.211. The second kappa shape index (κ2) is 6.07. The zero-order valence-electron chi connectivity index (χ0n) is 14.0. The van der Waals surface area contributed by atoms with Gasteiger partial charge in [-0.1, -0.05) is 13.0 Å². The molecular formula is C19H19N3S2. The predicted molar refractivity (Wildman–Crippen MR) is 105 cm³/mol. The van der Waals surface area contributed by atoms with Crippen molar-refractivity contribution in [2.45, 2.75) is 27.2 Å². The van der Waals surface area contributed by atoms with Gasteiger partial charge in [0.1, 0.15) is 0 Å². The van der Waals surface area contributed by atoms with Crippen molar-refractivity contribution in [3.8, 4) is 11.3 Å². The molecule has 0 saturated carbocycles. The molecule has 4 rings (SSSR count). The van der Waals surface area contributed by atoms with Gasteiger partial charge in [-0.3, -0.25) is 4.40 Å². The molecule has 0 amide bonds. The Hall–Kier alpha value is -2.11. The third-order valence-electron chi connectivity index (χ3n) is 4.31. The third kappa shape index (κ3) is 2.64. The number of thiazole rings is 1. The molecule has 3 aromatic heterocycles. The summed E-state index contributed by atoms with van der Waals surface area (Å²) in [5, 5.41) is 8.97. The van der Waals surface area contributed by atoms with Gasteiger partial charge in [-0.15, -0.1) is 22.7 Å². The molecule has 0 atom stereocenters. The van der Waals surface area contributed by atoms with E-state index in [2.05, 4.69) is 76.7 Å². The monoisotopic (exact) mass is 353 g/mol. The van der Waals surface area contributed by atoms with Gasteiger partial charge in [0.05, 0.1) is 16.4 Å². The van der Waals surface area contributed by atoms with Gasteiger partial charge in [0.2, 0.25) is 0 Å².